The number of aryl methyl sites for hydroxylation is 2. The van der Waals surface area contributed by atoms with Crippen LogP contribution in [0.5, 0.6) is 0 Å². The van der Waals surface area contributed by atoms with Crippen molar-refractivity contribution in [3.63, 3.8) is 0 Å². The Kier molecular flexibility index (Phi) is 3.95. The van der Waals surface area contributed by atoms with Gasteiger partial charge < -0.3 is 5.32 Å². The Morgan fingerprint density at radius 3 is 3.00 bits per heavy atom. The second kappa shape index (κ2) is 5.88. The lowest BCUT2D eigenvalue weighted by Crippen LogP contribution is -2.24. The summed E-state index contributed by atoms with van der Waals surface area (Å²) in [7, 11) is 0. The molecule has 1 aromatic heterocycles. The summed E-state index contributed by atoms with van der Waals surface area (Å²) in [5.41, 5.74) is 2.82. The highest BCUT2D eigenvalue weighted by Gasteiger charge is 2.23. The van der Waals surface area contributed by atoms with Crippen LogP contribution in [0.2, 0.25) is 0 Å². The topological polar surface area (TPSA) is 29.9 Å². The molecule has 2 heterocycles. The first kappa shape index (κ1) is 14.1. The molecule has 4 heteroatoms. The van der Waals surface area contributed by atoms with Gasteiger partial charge in [0, 0.05) is 12.6 Å². The maximum absolute atomic E-state index is 13.8. The Balaban J connectivity index is 1.92. The predicted molar refractivity (Wildman–Crippen MR) is 83.2 cm³/mol. The van der Waals surface area contributed by atoms with Gasteiger partial charge in [-0.1, -0.05) is 25.5 Å². The van der Waals surface area contributed by atoms with Crippen LogP contribution in [-0.2, 0) is 6.42 Å². The van der Waals surface area contributed by atoms with Gasteiger partial charge in [0.25, 0.3) is 0 Å². The minimum Gasteiger partial charge on any atom is -0.370 e. The van der Waals surface area contributed by atoms with Crippen molar-refractivity contribution in [2.75, 3.05) is 11.9 Å². The second-order valence-electron chi connectivity index (χ2n) is 5.81. The highest BCUT2D eigenvalue weighted by Crippen LogP contribution is 2.30. The average Bonchev–Trinajstić information content (AvgIpc) is 2.90. The van der Waals surface area contributed by atoms with E-state index in [9.17, 15) is 4.39 Å². The van der Waals surface area contributed by atoms with E-state index >= 15 is 0 Å². The van der Waals surface area contributed by atoms with Gasteiger partial charge in [-0.15, -0.1) is 0 Å². The number of anilines is 1. The van der Waals surface area contributed by atoms with Gasteiger partial charge in [0.15, 0.2) is 0 Å². The molecule has 1 atom stereocenters. The number of fused-ring (bicyclic) bond motifs is 1. The van der Waals surface area contributed by atoms with Gasteiger partial charge in [0.05, 0.1) is 11.7 Å². The molecule has 1 aliphatic heterocycles. The Bertz CT molecular complexity index is 633. The summed E-state index contributed by atoms with van der Waals surface area (Å²) in [6.07, 6.45) is 4.26. The molecule has 0 fully saturated rings. The molecule has 3 rings (SSSR count). The fourth-order valence-corrected chi connectivity index (χ4v) is 2.88. The van der Waals surface area contributed by atoms with Gasteiger partial charge in [0.1, 0.15) is 11.6 Å². The highest BCUT2D eigenvalue weighted by atomic mass is 19.1. The minimum atomic E-state index is -0.133. The lowest BCUT2D eigenvalue weighted by atomic mass is 10.0. The fourth-order valence-electron chi connectivity index (χ4n) is 2.88. The molecule has 112 valence electrons. The second-order valence-corrected chi connectivity index (χ2v) is 5.81. The molecule has 1 aliphatic rings. The van der Waals surface area contributed by atoms with Gasteiger partial charge in [-0.05, 0) is 43.4 Å². The van der Waals surface area contributed by atoms with Crippen LogP contribution in [0.4, 0.5) is 10.2 Å². The van der Waals surface area contributed by atoms with Crippen LogP contribution in [0, 0.1) is 12.7 Å². The Hall–Kier alpha value is -1.84. The molecule has 0 aliphatic carbocycles. The summed E-state index contributed by atoms with van der Waals surface area (Å²) in [4.78, 5) is 0. The van der Waals surface area contributed by atoms with E-state index < -0.39 is 0 Å². The van der Waals surface area contributed by atoms with Crippen LogP contribution in [0.1, 0.15) is 49.0 Å². The van der Waals surface area contributed by atoms with Gasteiger partial charge >= 0.3 is 0 Å². The van der Waals surface area contributed by atoms with E-state index in [1.54, 1.807) is 13.0 Å². The summed E-state index contributed by atoms with van der Waals surface area (Å²) < 4.78 is 15.9. The molecule has 1 N–H and O–H groups in total. The third-order valence-electron chi connectivity index (χ3n) is 4.17. The van der Waals surface area contributed by atoms with E-state index in [0.717, 1.165) is 42.9 Å². The molecule has 0 saturated heterocycles. The van der Waals surface area contributed by atoms with Crippen LogP contribution in [0.15, 0.2) is 24.3 Å². The molecular weight excluding hydrogens is 265 g/mol. The fraction of sp³-hybridized carbons (Fsp3) is 0.471. The van der Waals surface area contributed by atoms with Gasteiger partial charge in [-0.25, -0.2) is 9.07 Å². The maximum atomic E-state index is 13.8. The van der Waals surface area contributed by atoms with Crippen molar-refractivity contribution in [2.45, 2.75) is 45.6 Å². The number of halogens is 1. The summed E-state index contributed by atoms with van der Waals surface area (Å²) in [6.45, 7) is 4.88. The number of rotatable bonds is 4. The van der Waals surface area contributed by atoms with Crippen molar-refractivity contribution in [3.05, 3.63) is 46.9 Å². The van der Waals surface area contributed by atoms with E-state index in [4.69, 9.17) is 5.10 Å². The predicted octanol–water partition coefficient (Wildman–Crippen LogP) is 4.08. The molecule has 1 aromatic carbocycles. The summed E-state index contributed by atoms with van der Waals surface area (Å²) >= 11 is 0. The summed E-state index contributed by atoms with van der Waals surface area (Å²) in [6, 6.07) is 7.79. The first-order valence-electron chi connectivity index (χ1n) is 7.77. The largest absolute Gasteiger partial charge is 0.370 e. The summed E-state index contributed by atoms with van der Waals surface area (Å²) in [5.74, 6) is 0.921. The number of aromatic nitrogens is 2. The van der Waals surface area contributed by atoms with Crippen molar-refractivity contribution in [1.82, 2.24) is 9.78 Å². The van der Waals surface area contributed by atoms with Crippen LogP contribution >= 0.6 is 0 Å². The van der Waals surface area contributed by atoms with Crippen LogP contribution in [-0.4, -0.2) is 16.3 Å². The SMILES string of the molecule is CCCCc1cc2n(n1)C(c1ccc(C)c(F)c1)CCN2. The van der Waals surface area contributed by atoms with Crippen molar-refractivity contribution in [3.8, 4) is 0 Å². The molecule has 3 nitrogen and oxygen atoms in total. The van der Waals surface area contributed by atoms with E-state index in [0.29, 0.717) is 5.56 Å². The third-order valence-corrected chi connectivity index (χ3v) is 4.17. The number of hydrogen-bond donors (Lipinski definition) is 1. The van der Waals surface area contributed by atoms with E-state index in [-0.39, 0.29) is 11.9 Å². The normalized spacial score (nSPS) is 17.4. The highest BCUT2D eigenvalue weighted by molar-refractivity contribution is 5.41. The summed E-state index contributed by atoms with van der Waals surface area (Å²) in [5, 5.41) is 8.12. The van der Waals surface area contributed by atoms with Crippen molar-refractivity contribution in [2.24, 2.45) is 0 Å². The molecule has 0 amide bonds. The standard InChI is InChI=1S/C17H22FN3/c1-3-4-5-14-11-17-19-9-8-16(21(17)20-14)13-7-6-12(2)15(18)10-13/h6-7,10-11,16,19H,3-5,8-9H2,1-2H3. The van der Waals surface area contributed by atoms with E-state index in [1.165, 1.54) is 6.42 Å². The molecule has 0 bridgehead atoms. The monoisotopic (exact) mass is 287 g/mol. The van der Waals surface area contributed by atoms with Crippen LogP contribution in [0.25, 0.3) is 0 Å². The van der Waals surface area contributed by atoms with Crippen LogP contribution < -0.4 is 5.32 Å². The van der Waals surface area contributed by atoms with Gasteiger partial charge in [-0.3, -0.25) is 0 Å². The molecule has 21 heavy (non-hydrogen) atoms. The minimum absolute atomic E-state index is 0.131. The maximum Gasteiger partial charge on any atom is 0.126 e. The van der Waals surface area contributed by atoms with E-state index in [2.05, 4.69) is 18.3 Å². The molecule has 0 saturated carbocycles. The Morgan fingerprint density at radius 2 is 2.24 bits per heavy atom. The number of unbranched alkanes of at least 4 members (excludes halogenated alkanes) is 1. The van der Waals surface area contributed by atoms with Gasteiger partial charge in [0.2, 0.25) is 0 Å². The van der Waals surface area contributed by atoms with Crippen molar-refractivity contribution < 1.29 is 4.39 Å². The van der Waals surface area contributed by atoms with Crippen LogP contribution in [0.3, 0.4) is 0 Å². The smallest absolute Gasteiger partial charge is 0.126 e. The third kappa shape index (κ3) is 2.80. The first-order valence-corrected chi connectivity index (χ1v) is 7.77. The Morgan fingerprint density at radius 1 is 1.38 bits per heavy atom. The molecule has 0 radical (unpaired) electrons. The lowest BCUT2D eigenvalue weighted by molar-refractivity contribution is 0.474. The zero-order valence-electron chi connectivity index (χ0n) is 12.7. The number of nitrogens with zero attached hydrogens (tertiary/aromatic N) is 2. The quantitative estimate of drug-likeness (QED) is 0.918. The lowest BCUT2D eigenvalue weighted by Gasteiger charge is -2.26. The number of benzene rings is 1. The molecule has 0 spiro atoms. The average molecular weight is 287 g/mol. The zero-order valence-corrected chi connectivity index (χ0v) is 12.7. The Labute approximate surface area is 125 Å². The van der Waals surface area contributed by atoms with Gasteiger partial charge in [-0.2, -0.15) is 5.10 Å². The van der Waals surface area contributed by atoms with Crippen molar-refractivity contribution >= 4 is 5.82 Å². The number of nitrogens with one attached hydrogen (secondary N) is 1. The zero-order chi connectivity index (χ0) is 14.8. The first-order chi connectivity index (χ1) is 10.2. The van der Waals surface area contributed by atoms with E-state index in [1.807, 2.05) is 16.8 Å². The van der Waals surface area contributed by atoms with Crippen molar-refractivity contribution in [1.29, 1.82) is 0 Å². The number of hydrogen-bond acceptors (Lipinski definition) is 2. The molecule has 2 aromatic rings. The molecule has 1 unspecified atom stereocenters. The molecular formula is C17H22FN3.